The summed E-state index contributed by atoms with van der Waals surface area (Å²) in [6.07, 6.45) is 0. The highest BCUT2D eigenvalue weighted by Crippen LogP contribution is 2.32. The van der Waals surface area contributed by atoms with Crippen LogP contribution in [-0.4, -0.2) is 6.03 Å². The average Bonchev–Trinajstić information content (AvgIpc) is 2.83. The van der Waals surface area contributed by atoms with Gasteiger partial charge in [0, 0.05) is 22.8 Å². The topological polar surface area (TPSA) is 53.2 Å². The van der Waals surface area contributed by atoms with Crippen molar-refractivity contribution in [3.05, 3.63) is 115 Å². The molecule has 3 N–H and O–H groups in total. The number of benzene rings is 4. The summed E-state index contributed by atoms with van der Waals surface area (Å²) < 4.78 is 16.6. The number of hydrogen-bond acceptors (Lipinski definition) is 3. The Morgan fingerprint density at radius 2 is 1.50 bits per heavy atom. The first-order valence-electron chi connectivity index (χ1n) is 10.1. The molecule has 4 aromatic carbocycles. The second-order valence-corrected chi connectivity index (χ2v) is 7.93. The predicted octanol–water partition coefficient (Wildman–Crippen LogP) is 6.93. The standard InChI is InChI=1S/C26H22FN3OS/c27-21-10-6-7-19(17-21)18-28-26(31)29-22-13-15-23(16-14-22)30-32-25-12-5-4-11-24(25)20-8-2-1-3-9-20/h1-17,30H,18H2,(H2,28,29,31). The molecular weight excluding hydrogens is 421 g/mol. The third-order valence-corrected chi connectivity index (χ3v) is 5.65. The highest BCUT2D eigenvalue weighted by atomic mass is 32.2. The number of halogens is 1. The highest BCUT2D eigenvalue weighted by molar-refractivity contribution is 8.00. The van der Waals surface area contributed by atoms with Gasteiger partial charge in [-0.1, -0.05) is 60.7 Å². The molecule has 0 saturated carbocycles. The second-order valence-electron chi connectivity index (χ2n) is 7.08. The van der Waals surface area contributed by atoms with Crippen molar-refractivity contribution < 1.29 is 9.18 Å². The van der Waals surface area contributed by atoms with Crippen LogP contribution in [0.3, 0.4) is 0 Å². The number of carbonyl (C=O) groups excluding carboxylic acids is 1. The number of anilines is 2. The van der Waals surface area contributed by atoms with E-state index >= 15 is 0 Å². The number of nitrogens with one attached hydrogen (secondary N) is 3. The van der Waals surface area contributed by atoms with Crippen LogP contribution in [0.1, 0.15) is 5.56 Å². The van der Waals surface area contributed by atoms with Crippen LogP contribution in [0.25, 0.3) is 11.1 Å². The van der Waals surface area contributed by atoms with Crippen LogP contribution in [0.2, 0.25) is 0 Å². The van der Waals surface area contributed by atoms with E-state index in [1.54, 1.807) is 24.1 Å². The van der Waals surface area contributed by atoms with Crippen LogP contribution in [0, 0.1) is 5.82 Å². The molecule has 0 atom stereocenters. The monoisotopic (exact) mass is 443 g/mol. The smallest absolute Gasteiger partial charge is 0.319 e. The van der Waals surface area contributed by atoms with E-state index in [4.69, 9.17) is 0 Å². The van der Waals surface area contributed by atoms with Crippen molar-refractivity contribution in [1.82, 2.24) is 5.32 Å². The zero-order valence-corrected chi connectivity index (χ0v) is 18.0. The van der Waals surface area contributed by atoms with Gasteiger partial charge in [-0.25, -0.2) is 9.18 Å². The molecule has 0 aliphatic heterocycles. The Hall–Kier alpha value is -3.77. The van der Waals surface area contributed by atoms with Gasteiger partial charge in [0.15, 0.2) is 0 Å². The molecule has 0 bridgehead atoms. The van der Waals surface area contributed by atoms with Gasteiger partial charge in [-0.3, -0.25) is 0 Å². The largest absolute Gasteiger partial charge is 0.334 e. The second kappa shape index (κ2) is 10.5. The molecule has 32 heavy (non-hydrogen) atoms. The average molecular weight is 444 g/mol. The molecule has 0 unspecified atom stereocenters. The van der Waals surface area contributed by atoms with Crippen molar-refractivity contribution in [2.24, 2.45) is 0 Å². The molecule has 6 heteroatoms. The van der Waals surface area contributed by atoms with Gasteiger partial charge in [-0.15, -0.1) is 0 Å². The maximum absolute atomic E-state index is 13.2. The molecule has 2 amide bonds. The lowest BCUT2D eigenvalue weighted by atomic mass is 10.1. The summed E-state index contributed by atoms with van der Waals surface area (Å²) >= 11 is 1.54. The lowest BCUT2D eigenvalue weighted by molar-refractivity contribution is 0.251. The van der Waals surface area contributed by atoms with Gasteiger partial charge in [0.25, 0.3) is 0 Å². The van der Waals surface area contributed by atoms with Crippen molar-refractivity contribution >= 4 is 29.4 Å². The van der Waals surface area contributed by atoms with E-state index in [-0.39, 0.29) is 18.4 Å². The summed E-state index contributed by atoms with van der Waals surface area (Å²) in [6, 6.07) is 31.8. The maximum atomic E-state index is 13.2. The Labute approximate surface area is 191 Å². The first-order valence-corrected chi connectivity index (χ1v) is 11.0. The highest BCUT2D eigenvalue weighted by Gasteiger charge is 2.06. The van der Waals surface area contributed by atoms with E-state index in [0.29, 0.717) is 11.3 Å². The minimum atomic E-state index is -0.346. The molecule has 4 nitrogen and oxygen atoms in total. The molecule has 0 spiro atoms. The van der Waals surface area contributed by atoms with Crippen molar-refractivity contribution in [3.63, 3.8) is 0 Å². The Morgan fingerprint density at radius 3 is 2.28 bits per heavy atom. The van der Waals surface area contributed by atoms with Gasteiger partial charge < -0.3 is 15.4 Å². The fraction of sp³-hybridized carbons (Fsp3) is 0.0385. The summed E-state index contributed by atoms with van der Waals surface area (Å²) in [5, 5.41) is 5.50. The van der Waals surface area contributed by atoms with E-state index in [2.05, 4.69) is 39.6 Å². The van der Waals surface area contributed by atoms with E-state index in [1.165, 1.54) is 23.3 Å². The van der Waals surface area contributed by atoms with Gasteiger partial charge in [0.05, 0.1) is 0 Å². The van der Waals surface area contributed by atoms with Gasteiger partial charge in [0.1, 0.15) is 5.82 Å². The minimum Gasteiger partial charge on any atom is -0.334 e. The zero-order chi connectivity index (χ0) is 22.2. The molecule has 4 aromatic rings. The molecule has 0 aromatic heterocycles. The van der Waals surface area contributed by atoms with Crippen molar-refractivity contribution in [2.75, 3.05) is 10.0 Å². The van der Waals surface area contributed by atoms with Crippen LogP contribution >= 0.6 is 11.9 Å². The summed E-state index contributed by atoms with van der Waals surface area (Å²) in [4.78, 5) is 13.2. The van der Waals surface area contributed by atoms with Crippen LogP contribution in [0.5, 0.6) is 0 Å². The Balaban J connectivity index is 1.31. The predicted molar refractivity (Wildman–Crippen MR) is 130 cm³/mol. The van der Waals surface area contributed by atoms with E-state index in [0.717, 1.165) is 10.6 Å². The normalized spacial score (nSPS) is 10.4. The maximum Gasteiger partial charge on any atom is 0.319 e. The number of amides is 2. The van der Waals surface area contributed by atoms with Crippen LogP contribution in [-0.2, 0) is 6.54 Å². The molecule has 0 aliphatic rings. The number of urea groups is 1. The SMILES string of the molecule is O=C(NCc1cccc(F)c1)Nc1ccc(NSc2ccccc2-c2ccccc2)cc1. The molecule has 0 heterocycles. The van der Waals surface area contributed by atoms with Crippen LogP contribution < -0.4 is 15.4 Å². The molecule has 0 fully saturated rings. The Morgan fingerprint density at radius 1 is 0.781 bits per heavy atom. The van der Waals surface area contributed by atoms with Crippen molar-refractivity contribution in [2.45, 2.75) is 11.4 Å². The summed E-state index contributed by atoms with van der Waals surface area (Å²) in [5.41, 5.74) is 4.62. The quantitative estimate of drug-likeness (QED) is 0.271. The first kappa shape index (κ1) is 21.5. The molecule has 4 rings (SSSR count). The van der Waals surface area contributed by atoms with E-state index < -0.39 is 0 Å². The van der Waals surface area contributed by atoms with Gasteiger partial charge in [0.2, 0.25) is 0 Å². The van der Waals surface area contributed by atoms with E-state index in [9.17, 15) is 9.18 Å². The van der Waals surface area contributed by atoms with E-state index in [1.807, 2.05) is 54.6 Å². The lowest BCUT2D eigenvalue weighted by Crippen LogP contribution is -2.28. The molecule has 0 radical (unpaired) electrons. The summed E-state index contributed by atoms with van der Waals surface area (Å²) in [6.45, 7) is 0.251. The molecule has 0 saturated heterocycles. The van der Waals surface area contributed by atoms with Gasteiger partial charge in [-0.2, -0.15) is 0 Å². The number of rotatable bonds is 7. The van der Waals surface area contributed by atoms with Gasteiger partial charge in [-0.05, 0) is 71.1 Å². The third-order valence-electron chi connectivity index (χ3n) is 4.74. The van der Waals surface area contributed by atoms with Gasteiger partial charge >= 0.3 is 6.03 Å². The zero-order valence-electron chi connectivity index (χ0n) is 17.2. The molecular formula is C26H22FN3OS. The van der Waals surface area contributed by atoms with Crippen molar-refractivity contribution in [3.8, 4) is 11.1 Å². The number of hydrogen-bond donors (Lipinski definition) is 3. The minimum absolute atomic E-state index is 0.251. The molecule has 0 aliphatic carbocycles. The number of carbonyl (C=O) groups is 1. The first-order chi connectivity index (χ1) is 15.7. The molecule has 160 valence electrons. The summed E-state index contributed by atoms with van der Waals surface area (Å²) in [5.74, 6) is -0.322. The fourth-order valence-corrected chi connectivity index (χ4v) is 3.96. The fourth-order valence-electron chi connectivity index (χ4n) is 3.15. The lowest BCUT2D eigenvalue weighted by Gasteiger charge is -2.12. The Kier molecular flexibility index (Phi) is 7.05. The van der Waals surface area contributed by atoms with Crippen molar-refractivity contribution in [1.29, 1.82) is 0 Å². The third kappa shape index (κ3) is 5.89. The summed E-state index contributed by atoms with van der Waals surface area (Å²) in [7, 11) is 0. The Bertz CT molecular complexity index is 1180. The van der Waals surface area contributed by atoms with Crippen LogP contribution in [0.4, 0.5) is 20.6 Å². The van der Waals surface area contributed by atoms with Crippen LogP contribution in [0.15, 0.2) is 108 Å².